The van der Waals surface area contributed by atoms with Crippen molar-refractivity contribution < 1.29 is 14.3 Å². The first-order valence-electron chi connectivity index (χ1n) is 8.99. The van der Waals surface area contributed by atoms with Gasteiger partial charge in [0.15, 0.2) is 0 Å². The van der Waals surface area contributed by atoms with Gasteiger partial charge in [-0.1, -0.05) is 24.3 Å². The molecule has 5 nitrogen and oxygen atoms in total. The molecule has 1 aliphatic rings. The van der Waals surface area contributed by atoms with Gasteiger partial charge in [-0.25, -0.2) is 4.79 Å². The van der Waals surface area contributed by atoms with Crippen molar-refractivity contribution in [2.24, 2.45) is 0 Å². The van der Waals surface area contributed by atoms with E-state index < -0.39 is 5.60 Å². The number of nitrogens with zero attached hydrogens (tertiary/aromatic N) is 2. The summed E-state index contributed by atoms with van der Waals surface area (Å²) in [7, 11) is 0. The average Bonchev–Trinajstić information content (AvgIpc) is 2.62. The van der Waals surface area contributed by atoms with Crippen molar-refractivity contribution in [2.45, 2.75) is 38.8 Å². The SMILES string of the molecule is CC(C)(C)OC(=O)N1CCOCC1Cc1cccc(-c2ccncc2)c1. The highest BCUT2D eigenvalue weighted by atomic mass is 16.6. The van der Waals surface area contributed by atoms with Crippen LogP contribution in [-0.2, 0) is 15.9 Å². The number of benzene rings is 1. The molecule has 0 saturated carbocycles. The minimum Gasteiger partial charge on any atom is -0.444 e. The van der Waals surface area contributed by atoms with Crippen LogP contribution in [-0.4, -0.2) is 47.4 Å². The van der Waals surface area contributed by atoms with Gasteiger partial charge in [0, 0.05) is 18.9 Å². The number of rotatable bonds is 3. The molecule has 0 radical (unpaired) electrons. The molecule has 1 aromatic carbocycles. The van der Waals surface area contributed by atoms with Crippen LogP contribution in [0, 0.1) is 0 Å². The third kappa shape index (κ3) is 4.82. The lowest BCUT2D eigenvalue weighted by atomic mass is 9.99. The van der Waals surface area contributed by atoms with E-state index in [-0.39, 0.29) is 12.1 Å². The Kier molecular flexibility index (Phi) is 5.57. The molecule has 2 aromatic rings. The third-order valence-corrected chi connectivity index (χ3v) is 4.27. The number of aromatic nitrogens is 1. The molecule has 1 atom stereocenters. The van der Waals surface area contributed by atoms with E-state index in [1.165, 1.54) is 5.56 Å². The third-order valence-electron chi connectivity index (χ3n) is 4.27. The number of pyridine rings is 1. The van der Waals surface area contributed by atoms with Gasteiger partial charge in [-0.2, -0.15) is 0 Å². The van der Waals surface area contributed by atoms with Gasteiger partial charge in [0.1, 0.15) is 5.60 Å². The highest BCUT2D eigenvalue weighted by molar-refractivity contribution is 5.69. The predicted molar refractivity (Wildman–Crippen MR) is 101 cm³/mol. The van der Waals surface area contributed by atoms with E-state index in [4.69, 9.17) is 9.47 Å². The quantitative estimate of drug-likeness (QED) is 0.838. The van der Waals surface area contributed by atoms with Crippen LogP contribution >= 0.6 is 0 Å². The maximum absolute atomic E-state index is 12.5. The number of hydrogen-bond acceptors (Lipinski definition) is 4. The maximum atomic E-state index is 12.5. The summed E-state index contributed by atoms with van der Waals surface area (Å²) < 4.78 is 11.2. The molecule has 0 spiro atoms. The second-order valence-corrected chi connectivity index (χ2v) is 7.54. The van der Waals surface area contributed by atoms with Gasteiger partial charge in [0.25, 0.3) is 0 Å². The maximum Gasteiger partial charge on any atom is 0.410 e. The summed E-state index contributed by atoms with van der Waals surface area (Å²) >= 11 is 0. The van der Waals surface area contributed by atoms with Crippen LogP contribution in [0.3, 0.4) is 0 Å². The molecule has 1 aliphatic heterocycles. The van der Waals surface area contributed by atoms with Gasteiger partial charge in [0.05, 0.1) is 19.3 Å². The molecule has 138 valence electrons. The van der Waals surface area contributed by atoms with Gasteiger partial charge in [-0.3, -0.25) is 4.98 Å². The Morgan fingerprint density at radius 1 is 1.23 bits per heavy atom. The Morgan fingerprint density at radius 3 is 2.73 bits per heavy atom. The average molecular weight is 354 g/mol. The van der Waals surface area contributed by atoms with E-state index in [1.807, 2.05) is 39.0 Å². The fourth-order valence-electron chi connectivity index (χ4n) is 3.08. The minimum absolute atomic E-state index is 0.0220. The molecule has 5 heteroatoms. The largest absolute Gasteiger partial charge is 0.444 e. The van der Waals surface area contributed by atoms with Gasteiger partial charge in [-0.05, 0) is 56.0 Å². The van der Waals surface area contributed by atoms with Crippen LogP contribution in [0.4, 0.5) is 4.79 Å². The van der Waals surface area contributed by atoms with Crippen molar-refractivity contribution >= 4 is 6.09 Å². The summed E-state index contributed by atoms with van der Waals surface area (Å²) in [6.07, 6.45) is 4.05. The van der Waals surface area contributed by atoms with E-state index in [1.54, 1.807) is 17.3 Å². The monoisotopic (exact) mass is 354 g/mol. The lowest BCUT2D eigenvalue weighted by molar-refractivity contribution is -0.0319. The number of amides is 1. The molecule has 0 aliphatic carbocycles. The molecule has 1 aromatic heterocycles. The number of morpholine rings is 1. The number of carbonyl (C=O) groups excluding carboxylic acids is 1. The van der Waals surface area contributed by atoms with Gasteiger partial charge in [-0.15, -0.1) is 0 Å². The van der Waals surface area contributed by atoms with Crippen molar-refractivity contribution in [2.75, 3.05) is 19.8 Å². The first kappa shape index (κ1) is 18.4. The molecule has 1 amide bonds. The molecule has 26 heavy (non-hydrogen) atoms. The smallest absolute Gasteiger partial charge is 0.410 e. The zero-order chi connectivity index (χ0) is 18.6. The van der Waals surface area contributed by atoms with Crippen LogP contribution in [0.2, 0.25) is 0 Å². The van der Waals surface area contributed by atoms with Gasteiger partial charge in [0.2, 0.25) is 0 Å². The summed E-state index contributed by atoms with van der Waals surface area (Å²) in [5.41, 5.74) is 2.95. The number of carbonyl (C=O) groups is 1. The minimum atomic E-state index is -0.499. The Labute approximate surface area is 155 Å². The predicted octanol–water partition coefficient (Wildman–Crippen LogP) is 3.93. The molecular weight excluding hydrogens is 328 g/mol. The van der Waals surface area contributed by atoms with Crippen molar-refractivity contribution in [3.63, 3.8) is 0 Å². The van der Waals surface area contributed by atoms with Crippen LogP contribution < -0.4 is 0 Å². The van der Waals surface area contributed by atoms with Crippen LogP contribution in [0.5, 0.6) is 0 Å². The fraction of sp³-hybridized carbons (Fsp3) is 0.429. The summed E-state index contributed by atoms with van der Waals surface area (Å²) in [4.78, 5) is 18.4. The number of ether oxygens (including phenoxy) is 2. The van der Waals surface area contributed by atoms with Crippen LogP contribution in [0.15, 0.2) is 48.8 Å². The molecule has 3 rings (SSSR count). The first-order valence-corrected chi connectivity index (χ1v) is 8.99. The highest BCUT2D eigenvalue weighted by Crippen LogP contribution is 2.22. The molecule has 2 heterocycles. The van der Waals surface area contributed by atoms with Crippen molar-refractivity contribution in [1.82, 2.24) is 9.88 Å². The summed E-state index contributed by atoms with van der Waals surface area (Å²) in [6, 6.07) is 12.4. The Hall–Kier alpha value is -2.40. The summed E-state index contributed by atoms with van der Waals surface area (Å²) in [5, 5.41) is 0. The van der Waals surface area contributed by atoms with Crippen LogP contribution in [0.25, 0.3) is 11.1 Å². The molecule has 0 bridgehead atoms. The zero-order valence-electron chi connectivity index (χ0n) is 15.6. The van der Waals surface area contributed by atoms with Gasteiger partial charge >= 0.3 is 6.09 Å². The lowest BCUT2D eigenvalue weighted by Gasteiger charge is -2.36. The summed E-state index contributed by atoms with van der Waals surface area (Å²) in [5.74, 6) is 0. The Bertz CT molecular complexity index is 740. The lowest BCUT2D eigenvalue weighted by Crippen LogP contribution is -2.51. The second kappa shape index (κ2) is 7.87. The van der Waals surface area contributed by atoms with Crippen LogP contribution in [0.1, 0.15) is 26.3 Å². The van der Waals surface area contributed by atoms with E-state index in [0.29, 0.717) is 19.8 Å². The van der Waals surface area contributed by atoms with E-state index >= 15 is 0 Å². The van der Waals surface area contributed by atoms with E-state index in [0.717, 1.165) is 17.5 Å². The first-order chi connectivity index (χ1) is 12.4. The molecular formula is C21H26N2O3. The molecule has 0 N–H and O–H groups in total. The van der Waals surface area contributed by atoms with Crippen molar-refractivity contribution in [1.29, 1.82) is 0 Å². The Morgan fingerprint density at radius 2 is 2.00 bits per heavy atom. The molecule has 1 fully saturated rings. The molecule has 1 unspecified atom stereocenters. The standard InChI is InChI=1S/C21H26N2O3/c1-21(2,3)26-20(24)23-11-12-25-15-19(23)14-16-5-4-6-18(13-16)17-7-9-22-10-8-17/h4-10,13,19H,11-12,14-15H2,1-3H3. The van der Waals surface area contributed by atoms with Crippen molar-refractivity contribution in [3.05, 3.63) is 54.4 Å². The fourth-order valence-corrected chi connectivity index (χ4v) is 3.08. The van der Waals surface area contributed by atoms with E-state index in [2.05, 4.69) is 23.2 Å². The Balaban J connectivity index is 1.75. The zero-order valence-corrected chi connectivity index (χ0v) is 15.6. The van der Waals surface area contributed by atoms with E-state index in [9.17, 15) is 4.79 Å². The summed E-state index contributed by atoms with van der Waals surface area (Å²) in [6.45, 7) is 7.30. The highest BCUT2D eigenvalue weighted by Gasteiger charge is 2.31. The van der Waals surface area contributed by atoms with Gasteiger partial charge < -0.3 is 14.4 Å². The second-order valence-electron chi connectivity index (χ2n) is 7.54. The number of hydrogen-bond donors (Lipinski definition) is 0. The van der Waals surface area contributed by atoms with Crippen molar-refractivity contribution in [3.8, 4) is 11.1 Å². The molecule has 1 saturated heterocycles. The normalized spacial score (nSPS) is 17.8. The topological polar surface area (TPSA) is 51.7 Å².